The number of piperidine rings is 1. The van der Waals surface area contributed by atoms with Crippen LogP contribution in [0.1, 0.15) is 24.0 Å². The van der Waals surface area contributed by atoms with Gasteiger partial charge in [0.15, 0.2) is 0 Å². The molecular weight excluding hydrogens is 324 g/mol. The van der Waals surface area contributed by atoms with Crippen molar-refractivity contribution < 1.29 is 9.84 Å². The predicted molar refractivity (Wildman–Crippen MR) is 106 cm³/mol. The van der Waals surface area contributed by atoms with Crippen molar-refractivity contribution in [1.29, 1.82) is 0 Å². The summed E-state index contributed by atoms with van der Waals surface area (Å²) in [5.41, 5.74) is 3.65. The van der Waals surface area contributed by atoms with Crippen molar-refractivity contribution in [2.75, 3.05) is 25.0 Å². The lowest BCUT2D eigenvalue weighted by Crippen LogP contribution is -2.35. The van der Waals surface area contributed by atoms with E-state index in [-0.39, 0.29) is 6.10 Å². The van der Waals surface area contributed by atoms with E-state index in [0.717, 1.165) is 50.5 Å². The highest BCUT2D eigenvalue weighted by Gasteiger charge is 2.16. The molecule has 2 aromatic rings. The second kappa shape index (κ2) is 9.41. The molecule has 1 aliphatic heterocycles. The second-order valence-electron chi connectivity index (χ2n) is 6.80. The van der Waals surface area contributed by atoms with Crippen LogP contribution in [0.2, 0.25) is 0 Å². The highest BCUT2D eigenvalue weighted by molar-refractivity contribution is 5.45. The predicted octanol–water partition coefficient (Wildman–Crippen LogP) is 3.82. The molecule has 2 aromatic carbocycles. The van der Waals surface area contributed by atoms with Crippen LogP contribution in [-0.4, -0.2) is 35.8 Å². The lowest BCUT2D eigenvalue weighted by molar-refractivity contribution is 0.0792. The summed E-state index contributed by atoms with van der Waals surface area (Å²) in [5.74, 6) is 0.864. The van der Waals surface area contributed by atoms with Crippen molar-refractivity contribution in [1.82, 2.24) is 4.90 Å². The molecule has 1 saturated heterocycles. The lowest BCUT2D eigenvalue weighted by Gasteiger charge is -2.29. The Hall–Kier alpha value is -2.30. The zero-order chi connectivity index (χ0) is 18.2. The van der Waals surface area contributed by atoms with Crippen LogP contribution in [0, 0.1) is 0 Å². The smallest absolute Gasteiger partial charge is 0.119 e. The summed E-state index contributed by atoms with van der Waals surface area (Å²) in [6.07, 6.45) is 3.41. The first-order valence-corrected chi connectivity index (χ1v) is 9.29. The van der Waals surface area contributed by atoms with Gasteiger partial charge in [-0.3, -0.25) is 4.90 Å². The number of hydrogen-bond acceptors (Lipinski definition) is 4. The fourth-order valence-corrected chi connectivity index (χ4v) is 3.13. The van der Waals surface area contributed by atoms with Crippen molar-refractivity contribution >= 4 is 5.69 Å². The van der Waals surface area contributed by atoms with Gasteiger partial charge < -0.3 is 15.2 Å². The van der Waals surface area contributed by atoms with Gasteiger partial charge in [0.1, 0.15) is 12.4 Å². The van der Waals surface area contributed by atoms with E-state index < -0.39 is 0 Å². The van der Waals surface area contributed by atoms with Gasteiger partial charge in [-0.1, -0.05) is 36.9 Å². The first-order valence-electron chi connectivity index (χ1n) is 9.29. The summed E-state index contributed by atoms with van der Waals surface area (Å²) < 4.78 is 5.50. The van der Waals surface area contributed by atoms with Crippen molar-refractivity contribution in [3.8, 4) is 5.75 Å². The molecule has 1 fully saturated rings. The van der Waals surface area contributed by atoms with E-state index in [9.17, 15) is 5.11 Å². The minimum Gasteiger partial charge on any atom is -0.490 e. The maximum atomic E-state index is 9.59. The summed E-state index contributed by atoms with van der Waals surface area (Å²) in [7, 11) is 0. The monoisotopic (exact) mass is 352 g/mol. The van der Waals surface area contributed by atoms with Crippen LogP contribution >= 0.6 is 0 Å². The summed E-state index contributed by atoms with van der Waals surface area (Å²) in [6, 6.07) is 16.7. The number of nitrogens with zero attached hydrogens (tertiary/aromatic N) is 1. The van der Waals surface area contributed by atoms with Crippen LogP contribution in [0.15, 0.2) is 61.2 Å². The molecule has 0 radical (unpaired) electrons. The molecule has 138 valence electrons. The van der Waals surface area contributed by atoms with Gasteiger partial charge in [0.05, 0.1) is 6.10 Å². The topological polar surface area (TPSA) is 44.7 Å². The first kappa shape index (κ1) is 18.5. The van der Waals surface area contributed by atoms with Crippen LogP contribution < -0.4 is 10.1 Å². The van der Waals surface area contributed by atoms with Crippen LogP contribution in [-0.2, 0) is 13.1 Å². The van der Waals surface area contributed by atoms with E-state index in [1.807, 2.05) is 12.1 Å². The maximum absolute atomic E-state index is 9.59. The zero-order valence-electron chi connectivity index (χ0n) is 15.2. The quantitative estimate of drug-likeness (QED) is 0.709. The molecule has 26 heavy (non-hydrogen) atoms. The van der Waals surface area contributed by atoms with E-state index in [0.29, 0.717) is 6.61 Å². The Balaban J connectivity index is 1.46. The average Bonchev–Trinajstić information content (AvgIpc) is 2.68. The fourth-order valence-electron chi connectivity index (χ4n) is 3.13. The number of likely N-dealkylation sites (tertiary alicyclic amines) is 1. The third-order valence-electron chi connectivity index (χ3n) is 4.71. The summed E-state index contributed by atoms with van der Waals surface area (Å²) in [5, 5.41) is 13.0. The first-order chi connectivity index (χ1) is 12.7. The van der Waals surface area contributed by atoms with E-state index >= 15 is 0 Å². The number of rotatable bonds is 8. The molecule has 0 aromatic heterocycles. The molecule has 3 rings (SSSR count). The molecule has 0 unspecified atom stereocenters. The van der Waals surface area contributed by atoms with Gasteiger partial charge in [0.25, 0.3) is 0 Å². The van der Waals surface area contributed by atoms with Gasteiger partial charge in [-0.25, -0.2) is 0 Å². The van der Waals surface area contributed by atoms with Gasteiger partial charge in [-0.15, -0.1) is 0 Å². The molecule has 2 N–H and O–H groups in total. The lowest BCUT2D eigenvalue weighted by atomic mass is 10.1. The normalized spacial score (nSPS) is 15.6. The Labute approximate surface area is 156 Å². The molecule has 1 heterocycles. The van der Waals surface area contributed by atoms with E-state index in [1.165, 1.54) is 11.1 Å². The van der Waals surface area contributed by atoms with E-state index in [1.54, 1.807) is 6.08 Å². The van der Waals surface area contributed by atoms with E-state index in [2.05, 4.69) is 53.2 Å². The molecule has 0 aliphatic carbocycles. The van der Waals surface area contributed by atoms with Gasteiger partial charge >= 0.3 is 0 Å². The third kappa shape index (κ3) is 5.61. The maximum Gasteiger partial charge on any atom is 0.119 e. The molecule has 4 heteroatoms. The fraction of sp³-hybridized carbons (Fsp3) is 0.364. The van der Waals surface area contributed by atoms with E-state index in [4.69, 9.17) is 4.74 Å². The van der Waals surface area contributed by atoms with Gasteiger partial charge in [-0.2, -0.15) is 0 Å². The van der Waals surface area contributed by atoms with Crippen molar-refractivity contribution in [2.45, 2.75) is 32.0 Å². The molecule has 0 amide bonds. The summed E-state index contributed by atoms with van der Waals surface area (Å²) in [4.78, 5) is 2.41. The standard InChI is InChI=1S/C22H28N2O2/c1-2-15-26-22-9-5-18(6-10-22)16-23-20-7-3-19(4-8-20)17-24-13-11-21(25)12-14-24/h2-10,21,23,25H,1,11-17H2. The average molecular weight is 352 g/mol. The minimum absolute atomic E-state index is 0.111. The van der Waals surface area contributed by atoms with Crippen molar-refractivity contribution in [3.63, 3.8) is 0 Å². The zero-order valence-corrected chi connectivity index (χ0v) is 15.2. The minimum atomic E-state index is -0.111. The summed E-state index contributed by atoms with van der Waals surface area (Å²) >= 11 is 0. The molecule has 1 aliphatic rings. The van der Waals surface area contributed by atoms with Gasteiger partial charge in [0.2, 0.25) is 0 Å². The summed E-state index contributed by atoms with van der Waals surface area (Å²) in [6.45, 7) is 7.88. The Kier molecular flexibility index (Phi) is 6.69. The number of anilines is 1. The number of ether oxygens (including phenoxy) is 1. The molecule has 0 spiro atoms. The van der Waals surface area contributed by atoms with Crippen LogP contribution in [0.5, 0.6) is 5.75 Å². The molecule has 0 atom stereocenters. The van der Waals surface area contributed by atoms with Crippen LogP contribution in [0.25, 0.3) is 0 Å². The van der Waals surface area contributed by atoms with Crippen molar-refractivity contribution in [2.24, 2.45) is 0 Å². The number of aliphatic hydroxyl groups excluding tert-OH is 1. The molecule has 0 saturated carbocycles. The Morgan fingerprint density at radius 1 is 1.04 bits per heavy atom. The highest BCUT2D eigenvalue weighted by atomic mass is 16.5. The number of hydrogen-bond donors (Lipinski definition) is 2. The van der Waals surface area contributed by atoms with Crippen LogP contribution in [0.4, 0.5) is 5.69 Å². The molecule has 0 bridgehead atoms. The molecular formula is C22H28N2O2. The SMILES string of the molecule is C=CCOc1ccc(CNc2ccc(CN3CCC(O)CC3)cc2)cc1. The largest absolute Gasteiger partial charge is 0.490 e. The van der Waals surface area contributed by atoms with Crippen LogP contribution in [0.3, 0.4) is 0 Å². The Bertz CT molecular complexity index is 674. The second-order valence-corrected chi connectivity index (χ2v) is 6.80. The highest BCUT2D eigenvalue weighted by Crippen LogP contribution is 2.17. The Morgan fingerprint density at radius 3 is 2.35 bits per heavy atom. The third-order valence-corrected chi connectivity index (χ3v) is 4.71. The number of benzene rings is 2. The molecule has 4 nitrogen and oxygen atoms in total. The number of aliphatic hydroxyl groups is 1. The van der Waals surface area contributed by atoms with Crippen molar-refractivity contribution in [3.05, 3.63) is 72.3 Å². The van der Waals surface area contributed by atoms with Gasteiger partial charge in [-0.05, 0) is 48.2 Å². The van der Waals surface area contributed by atoms with Gasteiger partial charge in [0, 0.05) is 31.9 Å². The Morgan fingerprint density at radius 2 is 1.69 bits per heavy atom. The number of nitrogens with one attached hydrogen (secondary N) is 1.